The van der Waals surface area contributed by atoms with Gasteiger partial charge >= 0.3 is 0 Å². The molecule has 0 fully saturated rings. The molecule has 0 atom stereocenters. The first-order valence-corrected chi connectivity index (χ1v) is 15.0. The van der Waals surface area contributed by atoms with Crippen molar-refractivity contribution in [1.82, 2.24) is 4.90 Å². The van der Waals surface area contributed by atoms with E-state index in [1.165, 1.54) is 174 Å². The summed E-state index contributed by atoms with van der Waals surface area (Å²) < 4.78 is 0. The van der Waals surface area contributed by atoms with Crippen LogP contribution < -0.4 is 0 Å². The van der Waals surface area contributed by atoms with E-state index < -0.39 is 0 Å². The Morgan fingerprint density at radius 3 is 0.806 bits per heavy atom. The lowest BCUT2D eigenvalue weighted by atomic mass is 10.0. The van der Waals surface area contributed by atoms with E-state index in [0.29, 0.717) is 0 Å². The van der Waals surface area contributed by atoms with Gasteiger partial charge in [0.2, 0.25) is 0 Å². The van der Waals surface area contributed by atoms with Crippen LogP contribution in [0.5, 0.6) is 0 Å². The van der Waals surface area contributed by atoms with Crippen molar-refractivity contribution in [3.63, 3.8) is 0 Å². The number of rotatable bonds is 27. The maximum Gasteiger partial charge on any atom is -0.00218 e. The lowest BCUT2D eigenvalue weighted by molar-refractivity contribution is 0.324. The molecule has 1 nitrogen and oxygen atoms in total. The Bertz CT molecular complexity index is 301. The summed E-state index contributed by atoms with van der Waals surface area (Å²) in [4.78, 5) is 2.48. The minimum absolute atomic E-state index is 1.26. The van der Waals surface area contributed by atoms with Crippen molar-refractivity contribution < 1.29 is 0 Å². The van der Waals surface area contributed by atoms with E-state index in [4.69, 9.17) is 0 Å². The first kappa shape index (κ1) is 31.0. The molecule has 0 heterocycles. The molecule has 0 spiro atoms. The molecule has 31 heavy (non-hydrogen) atoms. The summed E-state index contributed by atoms with van der Waals surface area (Å²) in [7, 11) is 2.27. The third-order valence-corrected chi connectivity index (χ3v) is 7.00. The fourth-order valence-corrected chi connectivity index (χ4v) is 4.84. The van der Waals surface area contributed by atoms with E-state index in [2.05, 4.69) is 25.8 Å². The summed E-state index contributed by atoms with van der Waals surface area (Å²) in [5.41, 5.74) is 0. The lowest BCUT2D eigenvalue weighted by Crippen LogP contribution is -2.20. The Hall–Kier alpha value is -0.0400. The van der Waals surface area contributed by atoms with Gasteiger partial charge in [0, 0.05) is 0 Å². The number of hydrogen-bond donors (Lipinski definition) is 0. The molecule has 1 heteroatoms. The SMILES string of the molecule is CCCCCCCCCCCCCCCCCCCCCCCCCCN(C)CCC. The molecule has 0 aromatic carbocycles. The van der Waals surface area contributed by atoms with Crippen LogP contribution >= 0.6 is 0 Å². The second kappa shape index (κ2) is 28.0. The van der Waals surface area contributed by atoms with Gasteiger partial charge in [-0.15, -0.1) is 0 Å². The Morgan fingerprint density at radius 2 is 0.548 bits per heavy atom. The number of hydrogen-bond acceptors (Lipinski definition) is 1. The van der Waals surface area contributed by atoms with Gasteiger partial charge in [0.1, 0.15) is 0 Å². The molecule has 188 valence electrons. The number of unbranched alkanes of at least 4 members (excludes halogenated alkanes) is 23. The highest BCUT2D eigenvalue weighted by molar-refractivity contribution is 4.53. The van der Waals surface area contributed by atoms with Crippen molar-refractivity contribution in [2.45, 2.75) is 174 Å². The van der Waals surface area contributed by atoms with E-state index in [1.54, 1.807) is 0 Å². The van der Waals surface area contributed by atoms with Crippen molar-refractivity contribution in [3.8, 4) is 0 Å². The summed E-state index contributed by atoms with van der Waals surface area (Å²) >= 11 is 0. The molecule has 0 saturated heterocycles. The van der Waals surface area contributed by atoms with Gasteiger partial charge in [0.25, 0.3) is 0 Å². The van der Waals surface area contributed by atoms with Crippen LogP contribution in [-0.4, -0.2) is 25.0 Å². The van der Waals surface area contributed by atoms with E-state index in [0.717, 1.165) is 0 Å². The summed E-state index contributed by atoms with van der Waals surface area (Å²) in [6, 6.07) is 0. The van der Waals surface area contributed by atoms with Gasteiger partial charge < -0.3 is 4.90 Å². The van der Waals surface area contributed by atoms with Crippen LogP contribution in [0.4, 0.5) is 0 Å². The minimum Gasteiger partial charge on any atom is -0.306 e. The highest BCUT2D eigenvalue weighted by atomic mass is 15.1. The Balaban J connectivity index is 3.02. The molecule has 0 aliphatic rings. The Labute approximate surface area is 199 Å². The van der Waals surface area contributed by atoms with Crippen molar-refractivity contribution >= 4 is 0 Å². The molecule has 0 aromatic rings. The topological polar surface area (TPSA) is 3.24 Å². The lowest BCUT2D eigenvalue weighted by Gasteiger charge is -2.14. The van der Waals surface area contributed by atoms with Crippen LogP contribution in [-0.2, 0) is 0 Å². The van der Waals surface area contributed by atoms with Gasteiger partial charge in [-0.05, 0) is 33.0 Å². The highest BCUT2D eigenvalue weighted by Gasteiger charge is 1.97. The van der Waals surface area contributed by atoms with Crippen molar-refractivity contribution in [1.29, 1.82) is 0 Å². The van der Waals surface area contributed by atoms with E-state index >= 15 is 0 Å². The summed E-state index contributed by atoms with van der Waals surface area (Å²) in [5, 5.41) is 0. The van der Waals surface area contributed by atoms with Crippen molar-refractivity contribution in [2.24, 2.45) is 0 Å². The second-order valence-corrected chi connectivity index (χ2v) is 10.4. The third kappa shape index (κ3) is 27.9. The van der Waals surface area contributed by atoms with Gasteiger partial charge in [-0.2, -0.15) is 0 Å². The first-order chi connectivity index (χ1) is 15.3. The monoisotopic (exact) mass is 437 g/mol. The molecule has 0 aromatic heterocycles. The second-order valence-electron chi connectivity index (χ2n) is 10.4. The largest absolute Gasteiger partial charge is 0.306 e. The van der Waals surface area contributed by atoms with Crippen LogP contribution in [0.25, 0.3) is 0 Å². The molecule has 0 rings (SSSR count). The summed E-state index contributed by atoms with van der Waals surface area (Å²) in [6.45, 7) is 7.14. The van der Waals surface area contributed by atoms with Gasteiger partial charge in [-0.3, -0.25) is 0 Å². The molecular formula is C30H63N. The van der Waals surface area contributed by atoms with Gasteiger partial charge in [-0.25, -0.2) is 0 Å². The molecule has 0 aliphatic heterocycles. The fraction of sp³-hybridized carbons (Fsp3) is 1.00. The molecule has 0 radical (unpaired) electrons. The standard InChI is InChI=1S/C30H63N/c1-4-6-7-8-9-10-11-12-13-14-15-16-17-18-19-20-21-22-23-24-25-26-27-28-30-31(3)29-5-2/h4-30H2,1-3H3. The van der Waals surface area contributed by atoms with Crippen molar-refractivity contribution in [3.05, 3.63) is 0 Å². The zero-order valence-electron chi connectivity index (χ0n) is 22.5. The molecule has 0 amide bonds. The molecule has 0 aliphatic carbocycles. The maximum atomic E-state index is 2.48. The predicted octanol–water partition coefficient (Wildman–Crippen LogP) is 10.7. The zero-order valence-corrected chi connectivity index (χ0v) is 22.5. The van der Waals surface area contributed by atoms with Gasteiger partial charge in [0.05, 0.1) is 0 Å². The van der Waals surface area contributed by atoms with Crippen LogP contribution in [0, 0.1) is 0 Å². The Morgan fingerprint density at radius 1 is 0.290 bits per heavy atom. The Kier molecular flexibility index (Phi) is 28.0. The highest BCUT2D eigenvalue weighted by Crippen LogP contribution is 2.15. The molecule has 0 unspecified atom stereocenters. The van der Waals surface area contributed by atoms with Gasteiger partial charge in [-0.1, -0.05) is 162 Å². The average molecular weight is 438 g/mol. The zero-order chi connectivity index (χ0) is 22.7. The van der Waals surface area contributed by atoms with E-state index in [9.17, 15) is 0 Å². The van der Waals surface area contributed by atoms with Crippen LogP contribution in [0.3, 0.4) is 0 Å². The minimum atomic E-state index is 1.26. The fourth-order valence-electron chi connectivity index (χ4n) is 4.84. The quantitative estimate of drug-likeness (QED) is 0.115. The molecule has 0 saturated carbocycles. The third-order valence-electron chi connectivity index (χ3n) is 7.00. The smallest absolute Gasteiger partial charge is 0.00218 e. The molecule has 0 bridgehead atoms. The molecule has 0 N–H and O–H groups in total. The van der Waals surface area contributed by atoms with Gasteiger partial charge in [0.15, 0.2) is 0 Å². The average Bonchev–Trinajstić information content (AvgIpc) is 2.77. The van der Waals surface area contributed by atoms with Crippen LogP contribution in [0.15, 0.2) is 0 Å². The van der Waals surface area contributed by atoms with Crippen LogP contribution in [0.1, 0.15) is 174 Å². The molecular weight excluding hydrogens is 374 g/mol. The van der Waals surface area contributed by atoms with Crippen LogP contribution in [0.2, 0.25) is 0 Å². The number of nitrogens with zero attached hydrogens (tertiary/aromatic N) is 1. The summed E-state index contributed by atoms with van der Waals surface area (Å²) in [5.74, 6) is 0. The van der Waals surface area contributed by atoms with E-state index in [-0.39, 0.29) is 0 Å². The van der Waals surface area contributed by atoms with E-state index in [1.807, 2.05) is 0 Å². The first-order valence-electron chi connectivity index (χ1n) is 15.0. The predicted molar refractivity (Wildman–Crippen MR) is 144 cm³/mol. The van der Waals surface area contributed by atoms with Crippen molar-refractivity contribution in [2.75, 3.05) is 20.1 Å². The summed E-state index contributed by atoms with van der Waals surface area (Å²) in [6.07, 6.45) is 36.6. The maximum absolute atomic E-state index is 2.48. The normalized spacial score (nSPS) is 11.6.